The van der Waals surface area contributed by atoms with Crippen LogP contribution in [0.3, 0.4) is 0 Å². The molecule has 2 aliphatic rings. The molecule has 0 spiro atoms. The maximum Gasteiger partial charge on any atom is 0.221 e. The van der Waals surface area contributed by atoms with Gasteiger partial charge in [0.05, 0.1) is 0 Å². The van der Waals surface area contributed by atoms with Gasteiger partial charge in [0.1, 0.15) is 0 Å². The van der Waals surface area contributed by atoms with Crippen LogP contribution in [0.2, 0.25) is 0 Å². The second-order valence-electron chi connectivity index (χ2n) is 5.91. The molecule has 0 bridgehead atoms. The van der Waals surface area contributed by atoms with E-state index in [1.54, 1.807) is 0 Å². The fourth-order valence-electron chi connectivity index (χ4n) is 3.14. The van der Waals surface area contributed by atoms with E-state index >= 15 is 0 Å². The van der Waals surface area contributed by atoms with Gasteiger partial charge < -0.3 is 15.5 Å². The molecule has 1 saturated carbocycles. The number of hydrogen-bond donors (Lipinski definition) is 2. The molecular formula is C14H27N3O. The Bertz CT molecular complexity index is 264. The molecule has 0 aromatic carbocycles. The maximum atomic E-state index is 11.8. The Labute approximate surface area is 110 Å². The molecule has 0 aromatic rings. The summed E-state index contributed by atoms with van der Waals surface area (Å²) in [6.07, 6.45) is 7.29. The Morgan fingerprint density at radius 3 is 2.89 bits per heavy atom. The largest absolute Gasteiger partial charge is 0.356 e. The van der Waals surface area contributed by atoms with Crippen molar-refractivity contribution in [2.45, 2.75) is 44.6 Å². The number of nitrogens with zero attached hydrogens (tertiary/aromatic N) is 1. The Hall–Kier alpha value is -0.610. The monoisotopic (exact) mass is 253 g/mol. The van der Waals surface area contributed by atoms with Crippen LogP contribution in [0, 0.1) is 5.92 Å². The second-order valence-corrected chi connectivity index (χ2v) is 5.91. The number of rotatable bonds is 5. The van der Waals surface area contributed by atoms with Gasteiger partial charge in [-0.15, -0.1) is 0 Å². The van der Waals surface area contributed by atoms with Crippen molar-refractivity contribution in [1.29, 1.82) is 0 Å². The summed E-state index contributed by atoms with van der Waals surface area (Å²) in [5.41, 5.74) is 0. The molecule has 1 unspecified atom stereocenters. The van der Waals surface area contributed by atoms with Crippen LogP contribution in [0.4, 0.5) is 0 Å². The molecule has 18 heavy (non-hydrogen) atoms. The van der Waals surface area contributed by atoms with Crippen molar-refractivity contribution < 1.29 is 4.79 Å². The predicted molar refractivity (Wildman–Crippen MR) is 73.5 cm³/mol. The molecule has 4 nitrogen and oxygen atoms in total. The molecule has 4 heteroatoms. The minimum Gasteiger partial charge on any atom is -0.356 e. The van der Waals surface area contributed by atoms with Crippen molar-refractivity contribution in [2.24, 2.45) is 5.92 Å². The normalized spacial score (nSPS) is 26.4. The van der Waals surface area contributed by atoms with Crippen LogP contribution in [0.5, 0.6) is 0 Å². The molecule has 0 radical (unpaired) electrons. The zero-order valence-electron chi connectivity index (χ0n) is 11.6. The van der Waals surface area contributed by atoms with Gasteiger partial charge in [-0.1, -0.05) is 25.7 Å². The van der Waals surface area contributed by atoms with Crippen LogP contribution < -0.4 is 10.6 Å². The minimum atomic E-state index is 0.209. The molecule has 2 N–H and O–H groups in total. The van der Waals surface area contributed by atoms with Crippen LogP contribution in [-0.2, 0) is 4.79 Å². The number of amides is 1. The second kappa shape index (κ2) is 7.10. The molecule has 1 amide bonds. The van der Waals surface area contributed by atoms with Crippen molar-refractivity contribution in [3.63, 3.8) is 0 Å². The highest BCUT2D eigenvalue weighted by Crippen LogP contribution is 2.26. The summed E-state index contributed by atoms with van der Waals surface area (Å²) in [6, 6.07) is 0.329. The van der Waals surface area contributed by atoms with Crippen molar-refractivity contribution in [3.8, 4) is 0 Å². The molecule has 1 aliphatic carbocycles. The van der Waals surface area contributed by atoms with Gasteiger partial charge in [0.25, 0.3) is 0 Å². The van der Waals surface area contributed by atoms with Gasteiger partial charge in [-0.3, -0.25) is 4.79 Å². The molecule has 2 fully saturated rings. The van der Waals surface area contributed by atoms with Crippen molar-refractivity contribution in [2.75, 3.05) is 33.2 Å². The first-order chi connectivity index (χ1) is 8.74. The molecule has 0 aromatic heterocycles. The summed E-state index contributed by atoms with van der Waals surface area (Å²) in [4.78, 5) is 14.1. The van der Waals surface area contributed by atoms with Crippen molar-refractivity contribution >= 4 is 5.91 Å². The Morgan fingerprint density at radius 2 is 2.17 bits per heavy atom. The summed E-state index contributed by atoms with van der Waals surface area (Å²) >= 11 is 0. The van der Waals surface area contributed by atoms with E-state index in [0.717, 1.165) is 32.1 Å². The lowest BCUT2D eigenvalue weighted by molar-refractivity contribution is -0.121. The number of piperazine rings is 1. The molecule has 2 rings (SSSR count). The van der Waals surface area contributed by atoms with E-state index < -0.39 is 0 Å². The third-order valence-corrected chi connectivity index (χ3v) is 4.24. The average molecular weight is 253 g/mol. The van der Waals surface area contributed by atoms with Gasteiger partial charge in [0, 0.05) is 38.6 Å². The first-order valence-corrected chi connectivity index (χ1v) is 7.42. The van der Waals surface area contributed by atoms with Crippen LogP contribution in [0.25, 0.3) is 0 Å². The highest BCUT2D eigenvalue weighted by molar-refractivity contribution is 5.76. The number of likely N-dealkylation sites (N-methyl/N-ethyl adjacent to an activating group) is 1. The van der Waals surface area contributed by atoms with Gasteiger partial charge in [-0.05, 0) is 19.4 Å². The number of carbonyl (C=O) groups excluding carboxylic acids is 1. The minimum absolute atomic E-state index is 0.209. The smallest absolute Gasteiger partial charge is 0.221 e. The first-order valence-electron chi connectivity index (χ1n) is 7.42. The fourth-order valence-corrected chi connectivity index (χ4v) is 3.14. The number of nitrogens with one attached hydrogen (secondary N) is 2. The third kappa shape index (κ3) is 4.58. The van der Waals surface area contributed by atoms with E-state index in [9.17, 15) is 4.79 Å². The van der Waals surface area contributed by atoms with Crippen LogP contribution in [0.15, 0.2) is 0 Å². The van der Waals surface area contributed by atoms with Crippen molar-refractivity contribution in [1.82, 2.24) is 15.5 Å². The fraction of sp³-hybridized carbons (Fsp3) is 0.929. The summed E-state index contributed by atoms with van der Waals surface area (Å²) in [5, 5.41) is 6.48. The van der Waals surface area contributed by atoms with Crippen LogP contribution >= 0.6 is 0 Å². The molecule has 1 heterocycles. The lowest BCUT2D eigenvalue weighted by atomic mass is 10.0. The summed E-state index contributed by atoms with van der Waals surface area (Å²) < 4.78 is 0. The molecule has 104 valence electrons. The highest BCUT2D eigenvalue weighted by Gasteiger charge is 2.19. The third-order valence-electron chi connectivity index (χ3n) is 4.24. The Morgan fingerprint density at radius 1 is 1.39 bits per heavy atom. The highest BCUT2D eigenvalue weighted by atomic mass is 16.1. The van der Waals surface area contributed by atoms with Crippen LogP contribution in [-0.4, -0.2) is 50.1 Å². The SMILES string of the molecule is CN1CCNC(CC(=O)NCCC2CCCC2)C1. The van der Waals surface area contributed by atoms with Gasteiger partial charge in [0.15, 0.2) is 0 Å². The van der Waals surface area contributed by atoms with Gasteiger partial charge in [-0.2, -0.15) is 0 Å². The first kappa shape index (κ1) is 13.8. The topological polar surface area (TPSA) is 44.4 Å². The number of carbonyl (C=O) groups is 1. The lowest BCUT2D eigenvalue weighted by Gasteiger charge is -2.30. The van der Waals surface area contributed by atoms with E-state index in [-0.39, 0.29) is 5.91 Å². The Balaban J connectivity index is 1.56. The standard InChI is InChI=1S/C14H27N3O/c1-17-9-8-15-13(11-17)10-14(18)16-7-6-12-4-2-3-5-12/h12-13,15H,2-11H2,1H3,(H,16,18). The van der Waals surface area contributed by atoms with Gasteiger partial charge in [-0.25, -0.2) is 0 Å². The summed E-state index contributed by atoms with van der Waals surface area (Å²) in [5.74, 6) is 1.07. The average Bonchev–Trinajstić information content (AvgIpc) is 2.82. The van der Waals surface area contributed by atoms with Crippen molar-refractivity contribution in [3.05, 3.63) is 0 Å². The van der Waals surface area contributed by atoms with E-state index in [1.807, 2.05) is 0 Å². The van der Waals surface area contributed by atoms with E-state index in [1.165, 1.54) is 32.1 Å². The molecule has 1 atom stereocenters. The quantitative estimate of drug-likeness (QED) is 0.767. The lowest BCUT2D eigenvalue weighted by Crippen LogP contribution is -2.50. The Kier molecular flexibility index (Phi) is 5.45. The predicted octanol–water partition coefficient (Wildman–Crippen LogP) is 0.977. The maximum absolute atomic E-state index is 11.8. The van der Waals surface area contributed by atoms with E-state index in [2.05, 4.69) is 22.6 Å². The summed E-state index contributed by atoms with van der Waals surface area (Å²) in [7, 11) is 2.12. The van der Waals surface area contributed by atoms with Crippen LogP contribution in [0.1, 0.15) is 38.5 Å². The molecule has 1 saturated heterocycles. The van der Waals surface area contributed by atoms with E-state index in [0.29, 0.717) is 12.5 Å². The van der Waals surface area contributed by atoms with E-state index in [4.69, 9.17) is 0 Å². The summed E-state index contributed by atoms with van der Waals surface area (Å²) in [6.45, 7) is 3.93. The molecular weight excluding hydrogens is 226 g/mol. The number of hydrogen-bond acceptors (Lipinski definition) is 3. The molecule has 1 aliphatic heterocycles. The zero-order valence-corrected chi connectivity index (χ0v) is 11.6. The van der Waals surface area contributed by atoms with Gasteiger partial charge in [0.2, 0.25) is 5.91 Å². The zero-order chi connectivity index (χ0) is 12.8. The van der Waals surface area contributed by atoms with Gasteiger partial charge >= 0.3 is 0 Å².